The number of hydrogen-bond donors (Lipinski definition) is 2. The fourth-order valence-electron chi connectivity index (χ4n) is 4.27. The van der Waals surface area contributed by atoms with Crippen LogP contribution in [-0.4, -0.2) is 57.7 Å². The molecule has 2 aliphatic rings. The van der Waals surface area contributed by atoms with E-state index in [-0.39, 0.29) is 35.3 Å². The highest BCUT2D eigenvalue weighted by atomic mass is 32.2. The zero-order valence-electron chi connectivity index (χ0n) is 20.8. The Bertz CT molecular complexity index is 1310. The third kappa shape index (κ3) is 6.05. The maximum absolute atomic E-state index is 13.6. The van der Waals surface area contributed by atoms with E-state index >= 15 is 0 Å². The summed E-state index contributed by atoms with van der Waals surface area (Å²) in [5, 5.41) is 11.6. The number of nitrogens with one attached hydrogen (secondary N) is 1. The van der Waals surface area contributed by atoms with Crippen molar-refractivity contribution in [2.45, 2.75) is 32.6 Å². The number of hydrogen-bond acceptors (Lipinski definition) is 7. The number of nitrogens with zero attached hydrogens (tertiary/aromatic N) is 2. The Morgan fingerprint density at radius 2 is 1.74 bits per heavy atom. The standard InChI is InChI=1S/C27H27N3O6S2/c1-2-36-18-13-11-17(12-14-18)28-21(31)16-30-20-9-6-5-8-19(20)23(25(30)34)24-26(35)29(27(37)38-24)15-7-3-4-10-22(32)33/h5-6,8-9,11-14H,2-4,7,10,15-16H2,1H3,(H,28,31)(H,32,33). The summed E-state index contributed by atoms with van der Waals surface area (Å²) in [6.45, 7) is 2.55. The molecule has 0 bridgehead atoms. The molecule has 1 fully saturated rings. The van der Waals surface area contributed by atoms with Gasteiger partial charge in [-0.3, -0.25) is 29.0 Å². The number of aliphatic carboxylic acids is 1. The first kappa shape index (κ1) is 27.3. The quantitative estimate of drug-likeness (QED) is 0.241. The van der Waals surface area contributed by atoms with Crippen molar-refractivity contribution in [1.82, 2.24) is 4.90 Å². The number of amides is 3. The molecule has 2 aliphatic heterocycles. The maximum Gasteiger partial charge on any atom is 0.303 e. The molecule has 0 spiro atoms. The van der Waals surface area contributed by atoms with E-state index in [0.29, 0.717) is 59.4 Å². The number of carbonyl (C=O) groups excluding carboxylic acids is 3. The van der Waals surface area contributed by atoms with Crippen LogP contribution in [-0.2, 0) is 19.2 Å². The van der Waals surface area contributed by atoms with Crippen LogP contribution in [0.3, 0.4) is 0 Å². The molecule has 2 heterocycles. The van der Waals surface area contributed by atoms with Crippen LogP contribution < -0.4 is 15.0 Å². The number of para-hydroxylation sites is 1. The van der Waals surface area contributed by atoms with Crippen LogP contribution in [0.15, 0.2) is 53.4 Å². The monoisotopic (exact) mass is 553 g/mol. The highest BCUT2D eigenvalue weighted by molar-refractivity contribution is 8.26. The van der Waals surface area contributed by atoms with Crippen LogP contribution in [0.5, 0.6) is 5.75 Å². The summed E-state index contributed by atoms with van der Waals surface area (Å²) >= 11 is 6.50. The molecule has 2 N–H and O–H groups in total. The van der Waals surface area contributed by atoms with Crippen molar-refractivity contribution in [3.63, 3.8) is 0 Å². The van der Waals surface area contributed by atoms with Gasteiger partial charge in [0.2, 0.25) is 5.91 Å². The van der Waals surface area contributed by atoms with Gasteiger partial charge in [0.1, 0.15) is 16.6 Å². The smallest absolute Gasteiger partial charge is 0.303 e. The molecule has 1 saturated heterocycles. The third-order valence-corrected chi connectivity index (χ3v) is 7.47. The van der Waals surface area contributed by atoms with Crippen molar-refractivity contribution in [1.29, 1.82) is 0 Å². The molecule has 38 heavy (non-hydrogen) atoms. The minimum Gasteiger partial charge on any atom is -0.494 e. The number of carboxylic acids is 1. The summed E-state index contributed by atoms with van der Waals surface area (Å²) in [6, 6.07) is 14.0. The van der Waals surface area contributed by atoms with Crippen LogP contribution in [0.25, 0.3) is 5.57 Å². The van der Waals surface area contributed by atoms with Gasteiger partial charge in [-0.1, -0.05) is 48.6 Å². The lowest BCUT2D eigenvalue weighted by molar-refractivity contribution is -0.137. The fourth-order valence-corrected chi connectivity index (χ4v) is 5.65. The topological polar surface area (TPSA) is 116 Å². The van der Waals surface area contributed by atoms with Crippen molar-refractivity contribution >= 4 is 68.9 Å². The number of anilines is 2. The zero-order valence-corrected chi connectivity index (χ0v) is 22.4. The first-order valence-corrected chi connectivity index (χ1v) is 13.5. The van der Waals surface area contributed by atoms with Gasteiger partial charge in [-0.15, -0.1) is 0 Å². The van der Waals surface area contributed by atoms with Gasteiger partial charge in [0.25, 0.3) is 11.8 Å². The molecule has 0 radical (unpaired) electrons. The largest absolute Gasteiger partial charge is 0.494 e. The van der Waals surface area contributed by atoms with Crippen molar-refractivity contribution in [2.24, 2.45) is 0 Å². The minimum absolute atomic E-state index is 0.0791. The highest BCUT2D eigenvalue weighted by Crippen LogP contribution is 2.44. The Morgan fingerprint density at radius 1 is 1.00 bits per heavy atom. The molecule has 2 aromatic carbocycles. The van der Waals surface area contributed by atoms with Crippen LogP contribution >= 0.6 is 24.0 Å². The predicted octanol–water partition coefficient (Wildman–Crippen LogP) is 4.29. The van der Waals surface area contributed by atoms with Crippen LogP contribution in [0.1, 0.15) is 38.2 Å². The van der Waals surface area contributed by atoms with Gasteiger partial charge in [-0.2, -0.15) is 0 Å². The normalized spacial score (nSPS) is 16.7. The predicted molar refractivity (Wildman–Crippen MR) is 150 cm³/mol. The van der Waals surface area contributed by atoms with E-state index in [9.17, 15) is 19.2 Å². The first-order valence-electron chi connectivity index (χ1n) is 12.2. The molecule has 9 nitrogen and oxygen atoms in total. The second-order valence-electron chi connectivity index (χ2n) is 8.65. The SMILES string of the molecule is CCOc1ccc(NC(=O)CN2C(=O)C(=C3SC(=S)N(CCCCCC(=O)O)C3=O)c3ccccc32)cc1. The van der Waals surface area contributed by atoms with E-state index in [2.05, 4.69) is 5.32 Å². The maximum atomic E-state index is 13.6. The lowest BCUT2D eigenvalue weighted by Crippen LogP contribution is -2.35. The summed E-state index contributed by atoms with van der Waals surface area (Å²) in [5.41, 5.74) is 1.93. The molecule has 2 aromatic rings. The molecular formula is C27H27N3O6S2. The Balaban J connectivity index is 1.49. The van der Waals surface area contributed by atoms with E-state index in [4.69, 9.17) is 22.1 Å². The van der Waals surface area contributed by atoms with E-state index in [1.807, 2.05) is 6.92 Å². The molecule has 0 unspecified atom stereocenters. The number of unbranched alkanes of at least 4 members (excludes halogenated alkanes) is 2. The molecule has 0 atom stereocenters. The number of fused-ring (bicyclic) bond motifs is 1. The van der Waals surface area contributed by atoms with E-state index in [1.54, 1.807) is 48.5 Å². The Morgan fingerprint density at radius 3 is 2.45 bits per heavy atom. The summed E-state index contributed by atoms with van der Waals surface area (Å²) < 4.78 is 5.77. The van der Waals surface area contributed by atoms with Crippen molar-refractivity contribution < 1.29 is 29.0 Å². The summed E-state index contributed by atoms with van der Waals surface area (Å²) in [7, 11) is 0. The van der Waals surface area contributed by atoms with Gasteiger partial charge in [-0.05, 0) is 50.1 Å². The zero-order chi connectivity index (χ0) is 27.2. The molecule has 0 saturated carbocycles. The van der Waals surface area contributed by atoms with Gasteiger partial charge in [0.15, 0.2) is 0 Å². The number of rotatable bonds is 11. The average molecular weight is 554 g/mol. The van der Waals surface area contributed by atoms with Gasteiger partial charge in [-0.25, -0.2) is 0 Å². The van der Waals surface area contributed by atoms with E-state index < -0.39 is 11.9 Å². The van der Waals surface area contributed by atoms with Crippen LogP contribution in [0.2, 0.25) is 0 Å². The van der Waals surface area contributed by atoms with E-state index in [0.717, 1.165) is 11.8 Å². The van der Waals surface area contributed by atoms with Crippen molar-refractivity contribution in [3.8, 4) is 5.75 Å². The minimum atomic E-state index is -0.850. The molecule has 198 valence electrons. The highest BCUT2D eigenvalue weighted by Gasteiger charge is 2.42. The van der Waals surface area contributed by atoms with Gasteiger partial charge in [0, 0.05) is 24.2 Å². The van der Waals surface area contributed by atoms with Crippen molar-refractivity contribution in [2.75, 3.05) is 29.9 Å². The summed E-state index contributed by atoms with van der Waals surface area (Å²) in [4.78, 5) is 53.5. The van der Waals surface area contributed by atoms with Crippen LogP contribution in [0.4, 0.5) is 11.4 Å². The lowest BCUT2D eigenvalue weighted by Gasteiger charge is -2.17. The number of carbonyl (C=O) groups is 4. The lowest BCUT2D eigenvalue weighted by atomic mass is 10.1. The molecular weight excluding hydrogens is 526 g/mol. The Hall–Kier alpha value is -3.70. The molecule has 3 amide bonds. The number of carboxylic acid groups (broad SMARTS) is 1. The number of thioether (sulfide) groups is 1. The van der Waals surface area contributed by atoms with Gasteiger partial charge in [0.05, 0.1) is 22.8 Å². The molecule has 0 aromatic heterocycles. The second kappa shape index (κ2) is 12.2. The fraction of sp³-hybridized carbons (Fsp3) is 0.296. The van der Waals surface area contributed by atoms with Gasteiger partial charge < -0.3 is 15.2 Å². The van der Waals surface area contributed by atoms with Gasteiger partial charge >= 0.3 is 5.97 Å². The molecule has 0 aliphatic carbocycles. The number of benzene rings is 2. The number of thiocarbonyl (C=S) groups is 1. The average Bonchev–Trinajstić information content (AvgIpc) is 3.32. The van der Waals surface area contributed by atoms with E-state index in [1.165, 1.54) is 9.80 Å². The van der Waals surface area contributed by atoms with Crippen LogP contribution in [0, 0.1) is 0 Å². The first-order chi connectivity index (χ1) is 18.3. The van der Waals surface area contributed by atoms with Crippen molar-refractivity contribution in [3.05, 3.63) is 59.0 Å². The molecule has 4 rings (SSSR count). The Kier molecular flexibility index (Phi) is 8.80. The second-order valence-corrected chi connectivity index (χ2v) is 10.3. The third-order valence-electron chi connectivity index (χ3n) is 6.02. The summed E-state index contributed by atoms with van der Waals surface area (Å²) in [5.74, 6) is -1.33. The Labute approximate surface area is 229 Å². The number of ether oxygens (including phenoxy) is 1. The molecule has 11 heteroatoms. The summed E-state index contributed by atoms with van der Waals surface area (Å²) in [6.07, 6.45) is 1.85.